The van der Waals surface area contributed by atoms with Crippen molar-refractivity contribution in [3.05, 3.63) is 36.8 Å². The zero-order chi connectivity index (χ0) is 15.8. The second kappa shape index (κ2) is 7.66. The molecule has 0 saturated heterocycles. The number of sulfonamides is 1. The molecule has 2 aromatic rings. The predicted octanol–water partition coefficient (Wildman–Crippen LogP) is 0.966. The van der Waals surface area contributed by atoms with Crippen molar-refractivity contribution in [3.63, 3.8) is 0 Å². The van der Waals surface area contributed by atoms with E-state index in [1.54, 1.807) is 19.2 Å². The van der Waals surface area contributed by atoms with Gasteiger partial charge in [0.25, 0.3) is 0 Å². The van der Waals surface area contributed by atoms with Crippen LogP contribution in [0.3, 0.4) is 0 Å². The molecule has 0 saturated carbocycles. The Morgan fingerprint density at radius 3 is 2.59 bits per heavy atom. The molecule has 2 rings (SSSR count). The zero-order valence-corrected chi connectivity index (χ0v) is 13.0. The molecule has 0 aliphatic rings. The molecule has 0 aliphatic carbocycles. The summed E-state index contributed by atoms with van der Waals surface area (Å²) >= 11 is 0. The van der Waals surface area contributed by atoms with Gasteiger partial charge in [-0.25, -0.2) is 28.1 Å². The molecule has 22 heavy (non-hydrogen) atoms. The van der Waals surface area contributed by atoms with Gasteiger partial charge in [0.05, 0.1) is 5.75 Å². The minimum absolute atomic E-state index is 0.0681. The highest BCUT2D eigenvalue weighted by molar-refractivity contribution is 7.89. The van der Waals surface area contributed by atoms with Gasteiger partial charge in [0.1, 0.15) is 23.8 Å². The van der Waals surface area contributed by atoms with Crippen molar-refractivity contribution in [2.75, 3.05) is 29.5 Å². The Morgan fingerprint density at radius 1 is 1.05 bits per heavy atom. The van der Waals surface area contributed by atoms with E-state index in [2.05, 4.69) is 30.3 Å². The van der Waals surface area contributed by atoms with Gasteiger partial charge < -0.3 is 10.6 Å². The fourth-order valence-corrected chi connectivity index (χ4v) is 2.21. The maximum atomic E-state index is 11.3. The lowest BCUT2D eigenvalue weighted by Crippen LogP contribution is -2.30. The standard InChI is InChI=1S/C13H18N6O2S/c1-2-22(20,21)18-8-7-15-12-9-13(17-10-16-12)19-11-5-3-4-6-14-11/h3-6,9-10,18H,2,7-8H2,1H3,(H2,14,15,16,17,19). The van der Waals surface area contributed by atoms with Gasteiger partial charge in [-0.1, -0.05) is 6.07 Å². The molecule has 2 heterocycles. The van der Waals surface area contributed by atoms with Crippen molar-refractivity contribution in [2.45, 2.75) is 6.92 Å². The summed E-state index contributed by atoms with van der Waals surface area (Å²) in [6.45, 7) is 2.32. The van der Waals surface area contributed by atoms with E-state index in [4.69, 9.17) is 0 Å². The third kappa shape index (κ3) is 5.26. The summed E-state index contributed by atoms with van der Waals surface area (Å²) in [6.07, 6.45) is 3.10. The molecule has 3 N–H and O–H groups in total. The number of rotatable bonds is 8. The molecule has 0 spiro atoms. The van der Waals surface area contributed by atoms with Gasteiger partial charge in [0.15, 0.2) is 0 Å². The van der Waals surface area contributed by atoms with Crippen molar-refractivity contribution < 1.29 is 8.42 Å². The minimum Gasteiger partial charge on any atom is -0.369 e. The predicted molar refractivity (Wildman–Crippen MR) is 85.5 cm³/mol. The molecular formula is C13H18N6O2S. The van der Waals surface area contributed by atoms with Crippen LogP contribution < -0.4 is 15.4 Å². The maximum absolute atomic E-state index is 11.3. The van der Waals surface area contributed by atoms with Crippen molar-refractivity contribution in [1.29, 1.82) is 0 Å². The van der Waals surface area contributed by atoms with E-state index < -0.39 is 10.0 Å². The van der Waals surface area contributed by atoms with Crippen molar-refractivity contribution in [3.8, 4) is 0 Å². The summed E-state index contributed by atoms with van der Waals surface area (Å²) in [5.41, 5.74) is 0. The quantitative estimate of drug-likeness (QED) is 0.621. The normalized spacial score (nSPS) is 11.1. The Hall–Kier alpha value is -2.26. The van der Waals surface area contributed by atoms with E-state index in [-0.39, 0.29) is 5.75 Å². The second-order valence-electron chi connectivity index (χ2n) is 4.35. The van der Waals surface area contributed by atoms with Gasteiger partial charge in [-0.15, -0.1) is 0 Å². The van der Waals surface area contributed by atoms with Crippen LogP contribution in [-0.4, -0.2) is 42.2 Å². The molecule has 118 valence electrons. The summed E-state index contributed by atoms with van der Waals surface area (Å²) in [6, 6.07) is 7.25. The van der Waals surface area contributed by atoms with Gasteiger partial charge >= 0.3 is 0 Å². The smallest absolute Gasteiger partial charge is 0.211 e. The van der Waals surface area contributed by atoms with Crippen LogP contribution in [0.25, 0.3) is 0 Å². The molecule has 0 aromatic carbocycles. The van der Waals surface area contributed by atoms with Crippen LogP contribution in [0, 0.1) is 0 Å². The first kappa shape index (κ1) is 16.1. The summed E-state index contributed by atoms with van der Waals surface area (Å²) in [5, 5.41) is 6.08. The Kier molecular flexibility index (Phi) is 5.61. The number of aromatic nitrogens is 3. The van der Waals surface area contributed by atoms with E-state index in [9.17, 15) is 8.42 Å². The van der Waals surface area contributed by atoms with Gasteiger partial charge in [-0.3, -0.25) is 0 Å². The summed E-state index contributed by atoms with van der Waals surface area (Å²) in [4.78, 5) is 12.3. The second-order valence-corrected chi connectivity index (χ2v) is 6.45. The number of hydrogen-bond donors (Lipinski definition) is 3. The van der Waals surface area contributed by atoms with Crippen LogP contribution in [0.15, 0.2) is 36.8 Å². The fourth-order valence-electron chi connectivity index (χ4n) is 1.59. The van der Waals surface area contributed by atoms with E-state index in [0.29, 0.717) is 30.5 Å². The largest absolute Gasteiger partial charge is 0.369 e. The molecular weight excluding hydrogens is 304 g/mol. The average molecular weight is 322 g/mol. The molecule has 2 aromatic heterocycles. The van der Waals surface area contributed by atoms with E-state index in [1.807, 2.05) is 18.2 Å². The molecule has 0 atom stereocenters. The molecule has 0 aliphatic heterocycles. The first-order valence-corrected chi connectivity index (χ1v) is 8.45. The average Bonchev–Trinajstić information content (AvgIpc) is 2.53. The van der Waals surface area contributed by atoms with Crippen molar-refractivity contribution in [1.82, 2.24) is 19.7 Å². The van der Waals surface area contributed by atoms with Gasteiger partial charge in [0, 0.05) is 25.4 Å². The Bertz CT molecular complexity index is 693. The molecule has 0 unspecified atom stereocenters. The molecule has 8 nitrogen and oxygen atoms in total. The highest BCUT2D eigenvalue weighted by Gasteiger charge is 2.05. The van der Waals surface area contributed by atoms with Crippen LogP contribution >= 0.6 is 0 Å². The Balaban J connectivity index is 1.86. The van der Waals surface area contributed by atoms with Gasteiger partial charge in [-0.05, 0) is 19.1 Å². The highest BCUT2D eigenvalue weighted by Crippen LogP contribution is 2.13. The number of nitrogens with zero attached hydrogens (tertiary/aromatic N) is 3. The third-order valence-electron chi connectivity index (χ3n) is 2.72. The monoisotopic (exact) mass is 322 g/mol. The van der Waals surface area contributed by atoms with Crippen LogP contribution in [0.1, 0.15) is 6.92 Å². The number of pyridine rings is 1. The Labute approximate surface area is 129 Å². The molecule has 0 amide bonds. The minimum atomic E-state index is -3.17. The van der Waals surface area contributed by atoms with E-state index in [0.717, 1.165) is 0 Å². The maximum Gasteiger partial charge on any atom is 0.211 e. The van der Waals surface area contributed by atoms with Crippen LogP contribution in [0.5, 0.6) is 0 Å². The van der Waals surface area contributed by atoms with E-state index in [1.165, 1.54) is 6.33 Å². The lowest BCUT2D eigenvalue weighted by molar-refractivity contribution is 0.584. The summed E-state index contributed by atoms with van der Waals surface area (Å²) in [5.74, 6) is 1.95. The van der Waals surface area contributed by atoms with Crippen molar-refractivity contribution in [2.24, 2.45) is 0 Å². The fraction of sp³-hybridized carbons (Fsp3) is 0.308. The Morgan fingerprint density at radius 2 is 1.86 bits per heavy atom. The van der Waals surface area contributed by atoms with Gasteiger partial charge in [-0.2, -0.15) is 0 Å². The molecule has 0 bridgehead atoms. The zero-order valence-electron chi connectivity index (χ0n) is 12.2. The summed E-state index contributed by atoms with van der Waals surface area (Å²) < 4.78 is 25.0. The molecule has 0 radical (unpaired) electrons. The summed E-state index contributed by atoms with van der Waals surface area (Å²) in [7, 11) is -3.17. The van der Waals surface area contributed by atoms with Gasteiger partial charge in [0.2, 0.25) is 10.0 Å². The van der Waals surface area contributed by atoms with Crippen LogP contribution in [0.4, 0.5) is 17.5 Å². The third-order valence-corrected chi connectivity index (χ3v) is 4.13. The molecule has 9 heteroatoms. The first-order chi connectivity index (χ1) is 10.6. The first-order valence-electron chi connectivity index (χ1n) is 6.80. The molecule has 0 fully saturated rings. The highest BCUT2D eigenvalue weighted by atomic mass is 32.2. The number of nitrogens with one attached hydrogen (secondary N) is 3. The van der Waals surface area contributed by atoms with E-state index >= 15 is 0 Å². The topological polar surface area (TPSA) is 109 Å². The van der Waals surface area contributed by atoms with Crippen LogP contribution in [0.2, 0.25) is 0 Å². The SMILES string of the molecule is CCS(=O)(=O)NCCNc1cc(Nc2ccccn2)ncn1. The lowest BCUT2D eigenvalue weighted by atomic mass is 10.4. The van der Waals surface area contributed by atoms with Crippen molar-refractivity contribution >= 4 is 27.5 Å². The van der Waals surface area contributed by atoms with Crippen LogP contribution in [-0.2, 0) is 10.0 Å². The number of hydrogen-bond acceptors (Lipinski definition) is 7. The number of anilines is 3. The lowest BCUT2D eigenvalue weighted by Gasteiger charge is -2.08.